The number of hydrogen-bond acceptors (Lipinski definition) is 4. The largest absolute Gasteiger partial charge is 0.399 e. The molecule has 1 heterocycles. The van der Waals surface area contributed by atoms with Gasteiger partial charge in [-0.1, -0.05) is 39.1 Å². The van der Waals surface area contributed by atoms with Gasteiger partial charge in [-0.25, -0.2) is 0 Å². The number of tetrazole rings is 1. The second-order valence-corrected chi connectivity index (χ2v) is 5.92. The van der Waals surface area contributed by atoms with Crippen molar-refractivity contribution < 1.29 is 0 Å². The van der Waals surface area contributed by atoms with Gasteiger partial charge in [0.1, 0.15) is 0 Å². The molecule has 0 saturated heterocycles. The highest BCUT2D eigenvalue weighted by atomic mass is 79.9. The van der Waals surface area contributed by atoms with Crippen molar-refractivity contribution in [3.05, 3.63) is 50.9 Å². The zero-order valence-electron chi connectivity index (χ0n) is 10.5. The summed E-state index contributed by atoms with van der Waals surface area (Å²) in [6.45, 7) is 0. The first kappa shape index (κ1) is 14.3. The molecule has 1 aromatic heterocycles. The van der Waals surface area contributed by atoms with Gasteiger partial charge in [-0.2, -0.15) is 4.68 Å². The van der Waals surface area contributed by atoms with Crippen molar-refractivity contribution in [1.29, 1.82) is 0 Å². The Morgan fingerprint density at radius 1 is 1.05 bits per heavy atom. The van der Waals surface area contributed by atoms with Crippen LogP contribution in [0.3, 0.4) is 0 Å². The van der Waals surface area contributed by atoms with Crippen molar-refractivity contribution in [1.82, 2.24) is 20.2 Å². The van der Waals surface area contributed by atoms with Gasteiger partial charge in [0, 0.05) is 15.7 Å². The quantitative estimate of drug-likeness (QED) is 0.678. The number of hydrogen-bond donors (Lipinski definition) is 1. The molecule has 0 atom stereocenters. The molecular formula is C13H8BrCl2N5. The minimum Gasteiger partial charge on any atom is -0.399 e. The Bertz CT molecular complexity index is 818. The van der Waals surface area contributed by atoms with Crippen LogP contribution >= 0.6 is 39.1 Å². The molecule has 0 unspecified atom stereocenters. The first-order valence-electron chi connectivity index (χ1n) is 5.85. The Morgan fingerprint density at radius 2 is 1.86 bits per heavy atom. The van der Waals surface area contributed by atoms with Crippen LogP contribution < -0.4 is 5.73 Å². The predicted molar refractivity (Wildman–Crippen MR) is 86.7 cm³/mol. The Morgan fingerprint density at radius 3 is 2.62 bits per heavy atom. The van der Waals surface area contributed by atoms with Crippen LogP contribution in [-0.2, 0) is 0 Å². The van der Waals surface area contributed by atoms with Gasteiger partial charge < -0.3 is 5.73 Å². The molecule has 0 fully saturated rings. The topological polar surface area (TPSA) is 69.6 Å². The van der Waals surface area contributed by atoms with Crippen molar-refractivity contribution in [3.63, 3.8) is 0 Å². The standard InChI is InChI=1S/C13H8BrCl2N5/c14-10-3-1-7(17)5-9(10)13-18-19-20-21(13)8-2-4-11(15)12(16)6-8/h1-6H,17H2. The van der Waals surface area contributed by atoms with Crippen molar-refractivity contribution in [2.75, 3.05) is 5.73 Å². The summed E-state index contributed by atoms with van der Waals surface area (Å²) in [6.07, 6.45) is 0. The summed E-state index contributed by atoms with van der Waals surface area (Å²) in [4.78, 5) is 0. The predicted octanol–water partition coefficient (Wildman–Crippen LogP) is 3.98. The average molecular weight is 385 g/mol. The fraction of sp³-hybridized carbons (Fsp3) is 0. The summed E-state index contributed by atoms with van der Waals surface area (Å²) in [6, 6.07) is 10.6. The molecule has 0 aliphatic heterocycles. The molecule has 21 heavy (non-hydrogen) atoms. The van der Waals surface area contributed by atoms with Crippen LogP contribution in [0.5, 0.6) is 0 Å². The Kier molecular flexibility index (Phi) is 3.84. The van der Waals surface area contributed by atoms with E-state index in [-0.39, 0.29) is 0 Å². The molecule has 8 heteroatoms. The molecular weight excluding hydrogens is 377 g/mol. The zero-order chi connectivity index (χ0) is 15.0. The molecule has 0 bridgehead atoms. The van der Waals surface area contributed by atoms with Crippen LogP contribution in [0.2, 0.25) is 10.0 Å². The molecule has 2 aromatic carbocycles. The normalized spacial score (nSPS) is 10.8. The van der Waals surface area contributed by atoms with E-state index in [1.807, 2.05) is 6.07 Å². The molecule has 0 saturated carbocycles. The maximum Gasteiger partial charge on any atom is 0.188 e. The van der Waals surface area contributed by atoms with Gasteiger partial charge in [0.25, 0.3) is 0 Å². The van der Waals surface area contributed by atoms with Gasteiger partial charge in [0.15, 0.2) is 5.82 Å². The van der Waals surface area contributed by atoms with E-state index in [4.69, 9.17) is 28.9 Å². The van der Waals surface area contributed by atoms with Gasteiger partial charge in [-0.3, -0.25) is 0 Å². The van der Waals surface area contributed by atoms with E-state index >= 15 is 0 Å². The van der Waals surface area contributed by atoms with Crippen LogP contribution in [0, 0.1) is 0 Å². The van der Waals surface area contributed by atoms with E-state index in [0.717, 1.165) is 10.0 Å². The SMILES string of the molecule is Nc1ccc(Br)c(-c2nnnn2-c2ccc(Cl)c(Cl)c2)c1. The fourth-order valence-electron chi connectivity index (χ4n) is 1.86. The van der Waals surface area contributed by atoms with Crippen molar-refractivity contribution in [2.24, 2.45) is 0 Å². The average Bonchev–Trinajstić information content (AvgIpc) is 2.93. The lowest BCUT2D eigenvalue weighted by Crippen LogP contribution is -2.00. The fourth-order valence-corrected chi connectivity index (χ4v) is 2.58. The lowest BCUT2D eigenvalue weighted by molar-refractivity contribution is 0.791. The highest BCUT2D eigenvalue weighted by molar-refractivity contribution is 9.10. The van der Waals surface area contributed by atoms with Crippen LogP contribution in [0.1, 0.15) is 0 Å². The third-order valence-corrected chi connectivity index (χ3v) is 4.28. The maximum atomic E-state index is 6.04. The number of aromatic nitrogens is 4. The summed E-state index contributed by atoms with van der Waals surface area (Å²) in [5, 5.41) is 12.7. The van der Waals surface area contributed by atoms with Gasteiger partial charge >= 0.3 is 0 Å². The molecule has 0 spiro atoms. The highest BCUT2D eigenvalue weighted by Gasteiger charge is 2.14. The second kappa shape index (κ2) is 5.63. The van der Waals surface area contributed by atoms with Gasteiger partial charge in [0.2, 0.25) is 0 Å². The number of nitrogens with zero attached hydrogens (tertiary/aromatic N) is 4. The molecule has 0 amide bonds. The van der Waals surface area contributed by atoms with Crippen molar-refractivity contribution in [3.8, 4) is 17.1 Å². The minimum atomic E-state index is 0.433. The molecule has 5 nitrogen and oxygen atoms in total. The minimum absolute atomic E-state index is 0.433. The molecule has 106 valence electrons. The van der Waals surface area contributed by atoms with Gasteiger partial charge in [-0.05, 0) is 46.8 Å². The summed E-state index contributed by atoms with van der Waals surface area (Å²) in [5.41, 5.74) is 7.94. The van der Waals surface area contributed by atoms with Crippen LogP contribution in [0.25, 0.3) is 17.1 Å². The zero-order valence-corrected chi connectivity index (χ0v) is 13.6. The summed E-state index contributed by atoms with van der Waals surface area (Å²) in [7, 11) is 0. The second-order valence-electron chi connectivity index (χ2n) is 4.25. The van der Waals surface area contributed by atoms with Crippen LogP contribution in [-0.4, -0.2) is 20.2 Å². The Labute approximate surface area is 138 Å². The number of nitrogen functional groups attached to an aromatic ring is 1. The monoisotopic (exact) mass is 383 g/mol. The number of halogens is 3. The number of benzene rings is 2. The summed E-state index contributed by atoms with van der Waals surface area (Å²) < 4.78 is 2.41. The van der Waals surface area contributed by atoms with Gasteiger partial charge in [0.05, 0.1) is 15.7 Å². The third kappa shape index (κ3) is 2.74. The van der Waals surface area contributed by atoms with E-state index in [1.165, 1.54) is 0 Å². The highest BCUT2D eigenvalue weighted by Crippen LogP contribution is 2.31. The van der Waals surface area contributed by atoms with Crippen LogP contribution in [0.15, 0.2) is 40.9 Å². The van der Waals surface area contributed by atoms with E-state index < -0.39 is 0 Å². The van der Waals surface area contributed by atoms with Crippen molar-refractivity contribution >= 4 is 44.8 Å². The Balaban J connectivity index is 2.17. The lowest BCUT2D eigenvalue weighted by Gasteiger charge is -2.08. The first-order chi connectivity index (χ1) is 10.1. The van der Waals surface area contributed by atoms with E-state index in [1.54, 1.807) is 35.0 Å². The number of rotatable bonds is 2. The smallest absolute Gasteiger partial charge is 0.188 e. The number of nitrogens with two attached hydrogens (primary N) is 1. The molecule has 0 aliphatic carbocycles. The number of anilines is 1. The Hall–Kier alpha value is -1.63. The van der Waals surface area contributed by atoms with E-state index in [9.17, 15) is 0 Å². The molecule has 0 aliphatic rings. The van der Waals surface area contributed by atoms with Crippen molar-refractivity contribution in [2.45, 2.75) is 0 Å². The molecule has 0 radical (unpaired) electrons. The summed E-state index contributed by atoms with van der Waals surface area (Å²) in [5.74, 6) is 0.549. The molecule has 3 aromatic rings. The molecule has 3 rings (SSSR count). The van der Waals surface area contributed by atoms with E-state index in [0.29, 0.717) is 27.2 Å². The third-order valence-electron chi connectivity index (χ3n) is 2.85. The van der Waals surface area contributed by atoms with E-state index in [2.05, 4.69) is 31.5 Å². The lowest BCUT2D eigenvalue weighted by atomic mass is 10.2. The maximum absolute atomic E-state index is 6.04. The first-order valence-corrected chi connectivity index (χ1v) is 7.40. The van der Waals surface area contributed by atoms with Crippen LogP contribution in [0.4, 0.5) is 5.69 Å². The summed E-state index contributed by atoms with van der Waals surface area (Å²) >= 11 is 15.4. The molecule has 2 N–H and O–H groups in total. The van der Waals surface area contributed by atoms with Gasteiger partial charge in [-0.15, -0.1) is 5.10 Å².